The lowest BCUT2D eigenvalue weighted by Gasteiger charge is -2.49. The van der Waals surface area contributed by atoms with E-state index in [4.69, 9.17) is 9.16 Å². The third-order valence-electron chi connectivity index (χ3n) is 7.40. The Labute approximate surface area is 204 Å². The zero-order valence-corrected chi connectivity index (χ0v) is 23.0. The first-order chi connectivity index (χ1) is 15.6. The molecule has 9 heteroatoms. The second kappa shape index (κ2) is 9.57. The van der Waals surface area contributed by atoms with Crippen molar-refractivity contribution in [3.63, 3.8) is 0 Å². The predicted molar refractivity (Wildman–Crippen MR) is 135 cm³/mol. The van der Waals surface area contributed by atoms with Gasteiger partial charge in [0.15, 0.2) is 8.32 Å². The average Bonchev–Trinajstić information content (AvgIpc) is 3.51. The number of esters is 1. The van der Waals surface area contributed by atoms with E-state index >= 15 is 0 Å². The van der Waals surface area contributed by atoms with Crippen molar-refractivity contribution in [3.8, 4) is 0 Å². The summed E-state index contributed by atoms with van der Waals surface area (Å²) < 4.78 is 12.7. The van der Waals surface area contributed by atoms with Gasteiger partial charge in [-0.15, -0.1) is 0 Å². The molecule has 8 nitrogen and oxygen atoms in total. The number of ether oxygens (including phenoxy) is 1. The highest BCUT2D eigenvalue weighted by atomic mass is 28.4. The smallest absolute Gasteiger partial charge is 0.310 e. The van der Waals surface area contributed by atoms with Crippen molar-refractivity contribution in [2.45, 2.75) is 90.6 Å². The Morgan fingerprint density at radius 2 is 1.85 bits per heavy atom. The topological polar surface area (TPSA) is 94.8 Å². The summed E-state index contributed by atoms with van der Waals surface area (Å²) in [5, 5.41) is 11.8. The largest absolute Gasteiger partial charge is 0.460 e. The third kappa shape index (κ3) is 6.36. The molecule has 0 unspecified atom stereocenters. The molecule has 0 spiro atoms. The monoisotopic (exact) mass is 491 g/mol. The highest BCUT2D eigenvalue weighted by Gasteiger charge is 2.50. The molecule has 3 rings (SSSR count). The molecular formula is C25H41N3O5Si. The maximum absolute atomic E-state index is 12.9. The van der Waals surface area contributed by atoms with Crippen LogP contribution >= 0.6 is 0 Å². The van der Waals surface area contributed by atoms with Gasteiger partial charge < -0.3 is 14.1 Å². The summed E-state index contributed by atoms with van der Waals surface area (Å²) >= 11 is 0. The lowest BCUT2D eigenvalue weighted by Crippen LogP contribution is -2.56. The fourth-order valence-corrected chi connectivity index (χ4v) is 5.97. The first-order valence-electron chi connectivity index (χ1n) is 12.3. The molecule has 190 valence electrons. The van der Waals surface area contributed by atoms with Crippen LogP contribution in [0.15, 0.2) is 18.5 Å². The Morgan fingerprint density at radius 1 is 1.21 bits per heavy atom. The number of piperidine rings is 1. The van der Waals surface area contributed by atoms with Crippen LogP contribution in [0.25, 0.3) is 0 Å². The Bertz CT molecular complexity index is 905. The number of hydrogen-bond acceptors (Lipinski definition) is 7. The van der Waals surface area contributed by atoms with Gasteiger partial charge in [-0.05, 0) is 63.7 Å². The number of rotatable bonds is 7. The summed E-state index contributed by atoms with van der Waals surface area (Å²) in [6.45, 7) is 18.0. The lowest BCUT2D eigenvalue weighted by atomic mass is 9.81. The van der Waals surface area contributed by atoms with Crippen LogP contribution in [0, 0.1) is 27.9 Å². The van der Waals surface area contributed by atoms with Gasteiger partial charge in [0.2, 0.25) is 0 Å². The standard InChI is InChI=1S/C25H41N3O5Si/c1-24(2,3)32-22(29)13-18-15-27(20-11-12-26-14-21(20)28(30)31)16-19(17-9-10-17)23(18)33-34(7,8)25(4,5)6/h11-12,14,17-19,23H,9-10,13,15-16H2,1-8H3/t18-,19-,23+/m1/s1. The summed E-state index contributed by atoms with van der Waals surface area (Å²) in [7, 11) is -2.11. The van der Waals surface area contributed by atoms with E-state index in [9.17, 15) is 14.9 Å². The maximum atomic E-state index is 12.9. The van der Waals surface area contributed by atoms with E-state index in [1.54, 1.807) is 12.3 Å². The SMILES string of the molecule is CC(C)(C)OC(=O)C[C@@H]1CN(c2ccncc2[N+](=O)[O-])C[C@H](C2CC2)[C@H]1O[Si](C)(C)C(C)(C)C. The summed E-state index contributed by atoms with van der Waals surface area (Å²) in [5.74, 6) is 0.362. The number of nitro groups is 1. The van der Waals surface area contributed by atoms with Crippen LogP contribution in [0.1, 0.15) is 60.8 Å². The molecule has 0 radical (unpaired) electrons. The molecule has 1 saturated heterocycles. The van der Waals surface area contributed by atoms with Gasteiger partial charge in [0.1, 0.15) is 17.5 Å². The zero-order valence-electron chi connectivity index (χ0n) is 22.0. The molecule has 2 fully saturated rings. The van der Waals surface area contributed by atoms with E-state index in [-0.39, 0.29) is 46.0 Å². The molecule has 0 bridgehead atoms. The minimum Gasteiger partial charge on any atom is -0.460 e. The van der Waals surface area contributed by atoms with Gasteiger partial charge in [0, 0.05) is 31.1 Å². The number of carbonyl (C=O) groups is 1. The molecule has 1 aromatic rings. The number of carbonyl (C=O) groups excluding carboxylic acids is 1. The van der Waals surface area contributed by atoms with Crippen molar-refractivity contribution in [1.29, 1.82) is 0 Å². The molecule has 2 aliphatic rings. The molecule has 0 aromatic carbocycles. The zero-order chi connectivity index (χ0) is 25.5. The quantitative estimate of drug-likeness (QED) is 0.213. The second-order valence-corrected chi connectivity index (χ2v) is 17.2. The van der Waals surface area contributed by atoms with Gasteiger partial charge in [-0.3, -0.25) is 19.9 Å². The van der Waals surface area contributed by atoms with Crippen LogP contribution in [0.4, 0.5) is 11.4 Å². The third-order valence-corrected chi connectivity index (χ3v) is 11.9. The highest BCUT2D eigenvalue weighted by Crippen LogP contribution is 2.48. The van der Waals surface area contributed by atoms with Crippen molar-refractivity contribution >= 4 is 25.7 Å². The molecule has 1 saturated carbocycles. The van der Waals surface area contributed by atoms with E-state index in [2.05, 4.69) is 43.7 Å². The summed E-state index contributed by atoms with van der Waals surface area (Å²) in [5.41, 5.74) is -0.0106. The lowest BCUT2D eigenvalue weighted by molar-refractivity contribution is -0.384. The number of pyridine rings is 1. The fraction of sp³-hybridized carbons (Fsp3) is 0.760. The van der Waals surface area contributed by atoms with Gasteiger partial charge in [0.25, 0.3) is 0 Å². The number of aromatic nitrogens is 1. The predicted octanol–water partition coefficient (Wildman–Crippen LogP) is 5.57. The summed E-state index contributed by atoms with van der Waals surface area (Å²) in [6.07, 6.45) is 5.33. The van der Waals surface area contributed by atoms with Gasteiger partial charge in [-0.2, -0.15) is 0 Å². The Kier molecular flexibility index (Phi) is 7.48. The van der Waals surface area contributed by atoms with Crippen LogP contribution in [-0.4, -0.2) is 49.0 Å². The number of nitrogens with zero attached hydrogens (tertiary/aromatic N) is 3. The molecule has 1 aromatic heterocycles. The van der Waals surface area contributed by atoms with Crippen molar-refractivity contribution in [3.05, 3.63) is 28.6 Å². The maximum Gasteiger partial charge on any atom is 0.310 e. The van der Waals surface area contributed by atoms with Gasteiger partial charge >= 0.3 is 11.7 Å². The van der Waals surface area contributed by atoms with E-state index < -0.39 is 13.9 Å². The second-order valence-electron chi connectivity index (χ2n) is 12.4. The number of anilines is 1. The van der Waals surface area contributed by atoms with Gasteiger partial charge in [0.05, 0.1) is 17.4 Å². The molecule has 3 atom stereocenters. The molecule has 0 N–H and O–H groups in total. The molecule has 2 heterocycles. The van der Waals surface area contributed by atoms with E-state index in [1.165, 1.54) is 6.20 Å². The van der Waals surface area contributed by atoms with Crippen molar-refractivity contribution in [2.24, 2.45) is 17.8 Å². The summed E-state index contributed by atoms with van der Waals surface area (Å²) in [6, 6.07) is 1.71. The van der Waals surface area contributed by atoms with Crippen LogP contribution in [0.2, 0.25) is 18.1 Å². The van der Waals surface area contributed by atoms with Crippen molar-refractivity contribution in [2.75, 3.05) is 18.0 Å². The molecule has 1 aliphatic heterocycles. The van der Waals surface area contributed by atoms with Crippen LogP contribution in [-0.2, 0) is 14.0 Å². The fourth-order valence-electron chi connectivity index (χ4n) is 4.57. The normalized spacial score (nSPS) is 24.1. The van der Waals surface area contributed by atoms with Crippen molar-refractivity contribution in [1.82, 2.24) is 4.98 Å². The van der Waals surface area contributed by atoms with Crippen LogP contribution < -0.4 is 4.90 Å². The number of hydrogen-bond donors (Lipinski definition) is 0. The minimum absolute atomic E-state index is 0.00294. The van der Waals surface area contributed by atoms with Crippen LogP contribution in [0.5, 0.6) is 0 Å². The van der Waals surface area contributed by atoms with E-state index in [0.717, 1.165) is 12.8 Å². The van der Waals surface area contributed by atoms with E-state index in [0.29, 0.717) is 24.7 Å². The van der Waals surface area contributed by atoms with Crippen molar-refractivity contribution < 1.29 is 18.9 Å². The van der Waals surface area contributed by atoms with Crippen LogP contribution in [0.3, 0.4) is 0 Å². The van der Waals surface area contributed by atoms with E-state index in [1.807, 2.05) is 20.8 Å². The molecule has 0 amide bonds. The Morgan fingerprint density at radius 3 is 2.38 bits per heavy atom. The van der Waals surface area contributed by atoms with Gasteiger partial charge in [-0.25, -0.2) is 0 Å². The first-order valence-corrected chi connectivity index (χ1v) is 15.2. The van der Waals surface area contributed by atoms with Gasteiger partial charge in [-0.1, -0.05) is 20.8 Å². The Hall–Kier alpha value is -2.00. The first kappa shape index (κ1) is 26.6. The average molecular weight is 492 g/mol. The molecule has 34 heavy (non-hydrogen) atoms. The summed E-state index contributed by atoms with van der Waals surface area (Å²) in [4.78, 5) is 30.3. The minimum atomic E-state index is -2.11. The molecule has 1 aliphatic carbocycles. The Balaban J connectivity index is 1.97. The molecular weight excluding hydrogens is 450 g/mol. The highest BCUT2D eigenvalue weighted by molar-refractivity contribution is 6.74.